The van der Waals surface area contributed by atoms with Crippen molar-refractivity contribution < 1.29 is 23.8 Å². The normalized spacial score (nSPS) is 16.9. The molecule has 6 rings (SSSR count). The Morgan fingerprint density at radius 3 is 2.66 bits per heavy atom. The van der Waals surface area contributed by atoms with Gasteiger partial charge in [-0.15, -0.1) is 0 Å². The van der Waals surface area contributed by atoms with Crippen LogP contribution in [0.5, 0.6) is 5.75 Å². The van der Waals surface area contributed by atoms with Crippen molar-refractivity contribution in [2.75, 3.05) is 24.7 Å². The van der Waals surface area contributed by atoms with E-state index in [0.29, 0.717) is 40.3 Å². The van der Waals surface area contributed by atoms with Gasteiger partial charge in [0.05, 0.1) is 41.8 Å². The summed E-state index contributed by atoms with van der Waals surface area (Å²) in [6.07, 6.45) is 0.866. The van der Waals surface area contributed by atoms with Crippen molar-refractivity contribution in [1.29, 1.82) is 0 Å². The molecule has 2 aliphatic heterocycles. The Hall–Kier alpha value is -4.86. The molecule has 3 N–H and O–H groups in total. The lowest BCUT2D eigenvalue weighted by atomic mass is 9.85. The van der Waals surface area contributed by atoms with Crippen LogP contribution in [0, 0.1) is 0 Å². The Kier molecular flexibility index (Phi) is 6.40. The van der Waals surface area contributed by atoms with Crippen LogP contribution in [-0.2, 0) is 44.2 Å². The standard InChI is InChI=1S/C31H30N4O6/c1-4-31(41-17(2)36)22-14-25-27-20(15-35(25)29(37)21(22)16-40-30(31)38)28(26-23(32)6-5-7-24(26)34-27)33-13-12-18-8-10-19(39-3)11-9-18/h5-11,14H,4,12-13,15-16,32H2,1-3H3,(H,33,34)/t31-/m0/s1. The van der Waals surface area contributed by atoms with Crippen LogP contribution < -0.4 is 21.3 Å². The molecule has 0 aliphatic carbocycles. The van der Waals surface area contributed by atoms with Crippen molar-refractivity contribution in [2.45, 2.75) is 45.4 Å². The molecule has 0 saturated carbocycles. The number of nitrogen functional groups attached to an aromatic ring is 1. The molecule has 10 heteroatoms. The number of ether oxygens (including phenoxy) is 3. The Balaban J connectivity index is 1.47. The SMILES string of the molecule is CC[C@@]1(OC(C)=O)C(=O)OCc2c1cc1n(c2=O)Cc2c-1nc1cccc(N)c1c2NCCc1ccc(OC)cc1. The molecule has 0 radical (unpaired) electrons. The lowest BCUT2D eigenvalue weighted by Crippen LogP contribution is -2.47. The molecule has 2 aromatic heterocycles. The summed E-state index contributed by atoms with van der Waals surface area (Å²) in [6.45, 7) is 3.64. The number of hydrogen-bond acceptors (Lipinski definition) is 9. The average molecular weight is 555 g/mol. The molecule has 0 amide bonds. The molecule has 41 heavy (non-hydrogen) atoms. The van der Waals surface area contributed by atoms with Gasteiger partial charge in [0.25, 0.3) is 5.56 Å². The van der Waals surface area contributed by atoms with Crippen molar-refractivity contribution in [1.82, 2.24) is 9.55 Å². The van der Waals surface area contributed by atoms with E-state index in [9.17, 15) is 14.4 Å². The van der Waals surface area contributed by atoms with Gasteiger partial charge in [-0.2, -0.15) is 0 Å². The Labute approximate surface area is 236 Å². The molecular weight excluding hydrogens is 524 g/mol. The first-order chi connectivity index (χ1) is 19.8. The van der Waals surface area contributed by atoms with Crippen LogP contribution in [0.1, 0.15) is 42.5 Å². The van der Waals surface area contributed by atoms with Crippen LogP contribution in [-0.4, -0.2) is 35.1 Å². The zero-order valence-electron chi connectivity index (χ0n) is 23.1. The summed E-state index contributed by atoms with van der Waals surface area (Å²) in [4.78, 5) is 43.8. The zero-order chi connectivity index (χ0) is 28.9. The largest absolute Gasteiger partial charge is 0.497 e. The Morgan fingerprint density at radius 2 is 1.95 bits per heavy atom. The first-order valence-corrected chi connectivity index (χ1v) is 13.5. The highest BCUT2D eigenvalue weighted by atomic mass is 16.6. The van der Waals surface area contributed by atoms with Gasteiger partial charge in [0.2, 0.25) is 5.60 Å². The van der Waals surface area contributed by atoms with Crippen LogP contribution in [0.15, 0.2) is 53.3 Å². The molecule has 0 unspecified atom stereocenters. The van der Waals surface area contributed by atoms with E-state index in [1.807, 2.05) is 42.5 Å². The Bertz CT molecular complexity index is 1780. The van der Waals surface area contributed by atoms with E-state index in [2.05, 4.69) is 5.32 Å². The third-order valence-electron chi connectivity index (χ3n) is 7.91. The number of nitrogens with one attached hydrogen (secondary N) is 1. The summed E-state index contributed by atoms with van der Waals surface area (Å²) >= 11 is 0. The van der Waals surface area contributed by atoms with Crippen molar-refractivity contribution in [2.24, 2.45) is 0 Å². The molecule has 10 nitrogen and oxygen atoms in total. The van der Waals surface area contributed by atoms with Gasteiger partial charge < -0.3 is 29.8 Å². The number of cyclic esters (lactones) is 1. The quantitative estimate of drug-likeness (QED) is 0.227. The van der Waals surface area contributed by atoms with E-state index in [-0.39, 0.29) is 25.1 Å². The maximum atomic E-state index is 13.8. The number of rotatable bonds is 7. The topological polar surface area (TPSA) is 135 Å². The predicted octanol–water partition coefficient (Wildman–Crippen LogP) is 3.90. The third-order valence-corrected chi connectivity index (χ3v) is 7.91. The number of carbonyl (C=O) groups is 2. The first kappa shape index (κ1) is 26.4. The lowest BCUT2D eigenvalue weighted by Gasteiger charge is -2.35. The zero-order valence-corrected chi connectivity index (χ0v) is 23.1. The highest BCUT2D eigenvalue weighted by Crippen LogP contribution is 2.44. The van der Waals surface area contributed by atoms with E-state index < -0.39 is 17.5 Å². The summed E-state index contributed by atoms with van der Waals surface area (Å²) in [5.41, 5.74) is 10.3. The van der Waals surface area contributed by atoms with E-state index in [4.69, 9.17) is 24.9 Å². The molecule has 2 aliphatic rings. The summed E-state index contributed by atoms with van der Waals surface area (Å²) in [5, 5.41) is 4.36. The summed E-state index contributed by atoms with van der Waals surface area (Å²) < 4.78 is 17.8. The van der Waals surface area contributed by atoms with Gasteiger partial charge in [0.15, 0.2) is 0 Å². The van der Waals surface area contributed by atoms with Gasteiger partial charge in [-0.3, -0.25) is 9.59 Å². The number of benzene rings is 2. The van der Waals surface area contributed by atoms with E-state index >= 15 is 0 Å². The molecule has 4 heterocycles. The average Bonchev–Trinajstić information content (AvgIpc) is 3.33. The van der Waals surface area contributed by atoms with Crippen molar-refractivity contribution in [3.05, 3.63) is 81.1 Å². The minimum Gasteiger partial charge on any atom is -0.497 e. The fourth-order valence-electron chi connectivity index (χ4n) is 5.88. The van der Waals surface area contributed by atoms with Crippen LogP contribution in [0.3, 0.4) is 0 Å². The van der Waals surface area contributed by atoms with E-state index in [0.717, 1.165) is 34.4 Å². The molecule has 4 aromatic rings. The first-order valence-electron chi connectivity index (χ1n) is 13.5. The van der Waals surface area contributed by atoms with Crippen molar-refractivity contribution in [3.8, 4) is 17.1 Å². The number of nitrogens with zero attached hydrogens (tertiary/aromatic N) is 2. The van der Waals surface area contributed by atoms with Gasteiger partial charge in [0.1, 0.15) is 12.4 Å². The Morgan fingerprint density at radius 1 is 1.17 bits per heavy atom. The lowest BCUT2D eigenvalue weighted by molar-refractivity contribution is -0.188. The predicted molar refractivity (Wildman–Crippen MR) is 154 cm³/mol. The molecule has 0 saturated heterocycles. The van der Waals surface area contributed by atoms with Gasteiger partial charge in [-0.05, 0) is 48.7 Å². The van der Waals surface area contributed by atoms with Crippen molar-refractivity contribution >= 4 is 34.2 Å². The minimum absolute atomic E-state index is 0.119. The molecule has 2 aromatic carbocycles. The molecule has 0 fully saturated rings. The van der Waals surface area contributed by atoms with E-state index in [1.54, 1.807) is 24.7 Å². The van der Waals surface area contributed by atoms with Gasteiger partial charge >= 0.3 is 11.9 Å². The minimum atomic E-state index is -1.70. The number of aromatic nitrogens is 2. The molecule has 0 bridgehead atoms. The number of carbonyl (C=O) groups excluding carboxylic acids is 2. The number of anilines is 2. The summed E-state index contributed by atoms with van der Waals surface area (Å²) in [5.74, 6) is -0.530. The monoisotopic (exact) mass is 554 g/mol. The molecule has 1 atom stereocenters. The molecule has 210 valence electrons. The maximum absolute atomic E-state index is 13.8. The molecular formula is C31H30N4O6. The van der Waals surface area contributed by atoms with E-state index in [1.165, 1.54) is 6.92 Å². The van der Waals surface area contributed by atoms with Gasteiger partial charge in [0, 0.05) is 35.7 Å². The molecule has 0 spiro atoms. The number of nitrogens with two attached hydrogens (primary N) is 1. The summed E-state index contributed by atoms with van der Waals surface area (Å²) in [6, 6.07) is 15.2. The van der Waals surface area contributed by atoms with Crippen molar-refractivity contribution in [3.63, 3.8) is 0 Å². The second kappa shape index (κ2) is 9.96. The second-order valence-corrected chi connectivity index (χ2v) is 10.2. The highest BCUT2D eigenvalue weighted by molar-refractivity contribution is 6.04. The fraction of sp³-hybridized carbons (Fsp3) is 0.290. The van der Waals surface area contributed by atoms with Crippen LogP contribution >= 0.6 is 0 Å². The number of esters is 2. The number of methoxy groups -OCH3 is 1. The van der Waals surface area contributed by atoms with Crippen LogP contribution in [0.4, 0.5) is 11.4 Å². The van der Waals surface area contributed by atoms with Crippen LogP contribution in [0.25, 0.3) is 22.3 Å². The third kappa shape index (κ3) is 4.18. The highest BCUT2D eigenvalue weighted by Gasteiger charge is 2.50. The van der Waals surface area contributed by atoms with Crippen LogP contribution in [0.2, 0.25) is 0 Å². The van der Waals surface area contributed by atoms with Gasteiger partial charge in [-0.1, -0.05) is 25.1 Å². The summed E-state index contributed by atoms with van der Waals surface area (Å²) in [7, 11) is 1.64. The number of hydrogen-bond donors (Lipinski definition) is 2. The number of pyridine rings is 2. The van der Waals surface area contributed by atoms with Gasteiger partial charge in [-0.25, -0.2) is 9.78 Å². The number of fused-ring (bicyclic) bond motifs is 5. The fourth-order valence-corrected chi connectivity index (χ4v) is 5.88. The smallest absolute Gasteiger partial charge is 0.355 e. The second-order valence-electron chi connectivity index (χ2n) is 10.2. The maximum Gasteiger partial charge on any atom is 0.355 e.